The average molecular weight is 355 g/mol. The lowest BCUT2D eigenvalue weighted by Gasteiger charge is -2.50. The molecule has 3 rings (SSSR count). The summed E-state index contributed by atoms with van der Waals surface area (Å²) in [6.45, 7) is 4.27. The lowest BCUT2D eigenvalue weighted by Crippen LogP contribution is -2.62. The highest BCUT2D eigenvalue weighted by Gasteiger charge is 2.77. The summed E-state index contributed by atoms with van der Waals surface area (Å²) in [7, 11) is 1.45. The van der Waals surface area contributed by atoms with Crippen molar-refractivity contribution in [2.75, 3.05) is 13.7 Å². The van der Waals surface area contributed by atoms with Crippen molar-refractivity contribution in [1.29, 1.82) is 0 Å². The number of rotatable bonds is 3. The number of ether oxygens (including phenoxy) is 2. The Hall–Kier alpha value is -1.48. The minimum absolute atomic E-state index is 0.0602. The Bertz CT molecular complexity index is 680. The molecule has 1 saturated carbocycles. The first-order valence-electron chi connectivity index (χ1n) is 8.26. The number of hydrogen-bond acceptors (Lipinski definition) is 7. The standard InChI is InChI=1S/C17H25NO7/c1-14(7-25-13(18)22)10(19)8-9(12(14)21)16(3,24-4)17(5-6-17)15(2,23)11(8)20/h10,12,19,21,23H,5-7H2,1-4H3,(H2,18,22). The van der Waals surface area contributed by atoms with Crippen LogP contribution in [-0.4, -0.2) is 64.3 Å². The number of nitrogens with two attached hydrogens (primary N) is 1. The molecular formula is C17H25NO7. The summed E-state index contributed by atoms with van der Waals surface area (Å²) >= 11 is 0. The molecule has 0 aromatic rings. The molecule has 5 unspecified atom stereocenters. The highest BCUT2D eigenvalue weighted by atomic mass is 16.5. The quantitative estimate of drug-likeness (QED) is 0.542. The lowest BCUT2D eigenvalue weighted by molar-refractivity contribution is -0.165. The van der Waals surface area contributed by atoms with Crippen LogP contribution < -0.4 is 5.73 Å². The van der Waals surface area contributed by atoms with E-state index in [9.17, 15) is 24.9 Å². The van der Waals surface area contributed by atoms with E-state index >= 15 is 0 Å². The van der Waals surface area contributed by atoms with Crippen LogP contribution in [0, 0.1) is 10.8 Å². The van der Waals surface area contributed by atoms with Gasteiger partial charge in [0.05, 0.1) is 23.2 Å². The van der Waals surface area contributed by atoms with Gasteiger partial charge < -0.3 is 30.5 Å². The van der Waals surface area contributed by atoms with E-state index in [1.807, 2.05) is 0 Å². The third-order valence-electron chi connectivity index (χ3n) is 6.82. The highest BCUT2D eigenvalue weighted by Crippen LogP contribution is 2.70. The Morgan fingerprint density at radius 3 is 2.24 bits per heavy atom. The molecule has 3 aliphatic rings. The van der Waals surface area contributed by atoms with Crippen LogP contribution in [0.1, 0.15) is 33.6 Å². The molecule has 5 N–H and O–H groups in total. The van der Waals surface area contributed by atoms with E-state index in [2.05, 4.69) is 0 Å². The monoisotopic (exact) mass is 355 g/mol. The Balaban J connectivity index is 2.15. The van der Waals surface area contributed by atoms with Gasteiger partial charge in [-0.25, -0.2) is 4.79 Å². The molecule has 0 heterocycles. The van der Waals surface area contributed by atoms with Gasteiger partial charge >= 0.3 is 6.09 Å². The molecule has 0 aliphatic heterocycles. The van der Waals surface area contributed by atoms with E-state index in [0.717, 1.165) is 0 Å². The van der Waals surface area contributed by atoms with Crippen molar-refractivity contribution in [3.05, 3.63) is 11.1 Å². The van der Waals surface area contributed by atoms with Crippen molar-refractivity contribution in [3.8, 4) is 0 Å². The molecule has 1 amide bonds. The fourth-order valence-corrected chi connectivity index (χ4v) is 4.85. The molecule has 25 heavy (non-hydrogen) atoms. The minimum Gasteiger partial charge on any atom is -0.449 e. The van der Waals surface area contributed by atoms with E-state index in [1.54, 1.807) is 6.92 Å². The van der Waals surface area contributed by atoms with Crippen molar-refractivity contribution in [2.45, 2.75) is 57.0 Å². The van der Waals surface area contributed by atoms with Crippen LogP contribution in [0.3, 0.4) is 0 Å². The van der Waals surface area contributed by atoms with Crippen LogP contribution in [0.4, 0.5) is 4.79 Å². The van der Waals surface area contributed by atoms with Gasteiger partial charge in [-0.15, -0.1) is 0 Å². The maximum Gasteiger partial charge on any atom is 0.404 e. The third-order valence-corrected chi connectivity index (χ3v) is 6.82. The van der Waals surface area contributed by atoms with Crippen LogP contribution >= 0.6 is 0 Å². The second-order valence-electron chi connectivity index (χ2n) is 7.97. The first-order valence-corrected chi connectivity index (χ1v) is 8.26. The van der Waals surface area contributed by atoms with Gasteiger partial charge in [-0.2, -0.15) is 0 Å². The number of aliphatic hydroxyl groups is 3. The second-order valence-corrected chi connectivity index (χ2v) is 7.97. The Kier molecular flexibility index (Phi) is 3.69. The number of carbonyl (C=O) groups is 2. The molecule has 8 heteroatoms. The zero-order chi connectivity index (χ0) is 19.0. The zero-order valence-corrected chi connectivity index (χ0v) is 14.8. The predicted octanol–water partition coefficient (Wildman–Crippen LogP) is -0.361. The SMILES string of the molecule is COC1(C)C2=C(C(=O)C(C)(O)C13CC3)C(O)C(C)(COC(N)=O)C2O. The van der Waals surface area contributed by atoms with Crippen molar-refractivity contribution < 1.29 is 34.4 Å². The number of primary amides is 1. The summed E-state index contributed by atoms with van der Waals surface area (Å²) in [6, 6.07) is 0. The molecule has 8 nitrogen and oxygen atoms in total. The summed E-state index contributed by atoms with van der Waals surface area (Å²) in [4.78, 5) is 24.0. The predicted molar refractivity (Wildman–Crippen MR) is 85.4 cm³/mol. The molecule has 0 aromatic carbocycles. The molecule has 0 radical (unpaired) electrons. The van der Waals surface area contributed by atoms with E-state index < -0.39 is 46.1 Å². The minimum atomic E-state index is -1.73. The zero-order valence-electron chi connectivity index (χ0n) is 14.8. The number of amides is 1. The lowest BCUT2D eigenvalue weighted by atomic mass is 9.61. The Morgan fingerprint density at radius 2 is 1.80 bits per heavy atom. The maximum absolute atomic E-state index is 13.0. The van der Waals surface area contributed by atoms with Gasteiger partial charge in [0, 0.05) is 23.7 Å². The normalized spacial score (nSPS) is 44.8. The van der Waals surface area contributed by atoms with Gasteiger partial charge in [-0.3, -0.25) is 4.79 Å². The van der Waals surface area contributed by atoms with Gasteiger partial charge in [-0.05, 0) is 26.7 Å². The first kappa shape index (κ1) is 18.3. The fourth-order valence-electron chi connectivity index (χ4n) is 4.85. The van der Waals surface area contributed by atoms with E-state index in [0.29, 0.717) is 12.8 Å². The van der Waals surface area contributed by atoms with E-state index in [4.69, 9.17) is 15.2 Å². The molecule has 0 saturated heterocycles. The second kappa shape index (κ2) is 5.03. The van der Waals surface area contributed by atoms with Gasteiger partial charge in [0.2, 0.25) is 0 Å². The summed E-state index contributed by atoms with van der Waals surface area (Å²) in [6.07, 6.45) is -2.65. The molecule has 0 bridgehead atoms. The molecule has 0 aromatic heterocycles. The summed E-state index contributed by atoms with van der Waals surface area (Å²) < 4.78 is 10.5. The van der Waals surface area contributed by atoms with Gasteiger partial charge in [0.15, 0.2) is 5.78 Å². The smallest absolute Gasteiger partial charge is 0.404 e. The van der Waals surface area contributed by atoms with Crippen LogP contribution in [0.15, 0.2) is 11.1 Å². The highest BCUT2D eigenvalue weighted by molar-refractivity contribution is 6.07. The molecule has 3 aliphatic carbocycles. The molecule has 1 spiro atoms. The topological polar surface area (TPSA) is 139 Å². The Labute approximate surface area is 145 Å². The van der Waals surface area contributed by atoms with Gasteiger partial charge in [-0.1, -0.05) is 6.92 Å². The number of hydrogen-bond donors (Lipinski definition) is 4. The third kappa shape index (κ3) is 1.91. The van der Waals surface area contributed by atoms with Crippen molar-refractivity contribution in [2.24, 2.45) is 16.6 Å². The van der Waals surface area contributed by atoms with Gasteiger partial charge in [0.25, 0.3) is 0 Å². The molecule has 5 atom stereocenters. The largest absolute Gasteiger partial charge is 0.449 e. The summed E-state index contributed by atoms with van der Waals surface area (Å²) in [5, 5.41) is 32.8. The summed E-state index contributed by atoms with van der Waals surface area (Å²) in [5.41, 5.74) is 0.104. The molecule has 140 valence electrons. The van der Waals surface area contributed by atoms with Crippen LogP contribution in [0.25, 0.3) is 0 Å². The van der Waals surface area contributed by atoms with Crippen LogP contribution in [0.2, 0.25) is 0 Å². The number of Topliss-reactive ketones (excluding diaryl/α,β-unsaturated/α-hetero) is 1. The van der Waals surface area contributed by atoms with Gasteiger partial charge in [0.1, 0.15) is 12.2 Å². The average Bonchev–Trinajstić information content (AvgIpc) is 3.33. The first-order chi connectivity index (χ1) is 11.4. The van der Waals surface area contributed by atoms with Crippen molar-refractivity contribution >= 4 is 11.9 Å². The number of methoxy groups -OCH3 is 1. The van der Waals surface area contributed by atoms with Crippen molar-refractivity contribution in [1.82, 2.24) is 0 Å². The fraction of sp³-hybridized carbons (Fsp3) is 0.765. The van der Waals surface area contributed by atoms with Crippen molar-refractivity contribution in [3.63, 3.8) is 0 Å². The van der Waals surface area contributed by atoms with Crippen LogP contribution in [-0.2, 0) is 14.3 Å². The summed E-state index contributed by atoms with van der Waals surface area (Å²) in [5.74, 6) is -0.621. The number of carbonyl (C=O) groups excluding carboxylic acids is 2. The number of ketones is 1. The van der Waals surface area contributed by atoms with E-state index in [1.165, 1.54) is 21.0 Å². The molecular weight excluding hydrogens is 330 g/mol. The van der Waals surface area contributed by atoms with E-state index in [-0.39, 0.29) is 17.8 Å². The van der Waals surface area contributed by atoms with Crippen LogP contribution in [0.5, 0.6) is 0 Å². The number of aliphatic hydroxyl groups excluding tert-OH is 2. The maximum atomic E-state index is 13.0. The Morgan fingerprint density at radius 1 is 1.24 bits per heavy atom. The molecule has 1 fully saturated rings.